The largest absolute Gasteiger partial charge is 0.493 e. The van der Waals surface area contributed by atoms with Crippen molar-refractivity contribution in [3.05, 3.63) is 46.5 Å². The molecule has 3 rings (SSSR count). The van der Waals surface area contributed by atoms with Crippen molar-refractivity contribution in [3.8, 4) is 23.0 Å². The Morgan fingerprint density at radius 3 is 2.33 bits per heavy atom. The molecule has 0 atom stereocenters. The summed E-state index contributed by atoms with van der Waals surface area (Å²) in [6.45, 7) is 11.4. The standard InChI is InChI=1S/C22H27ClO4/c1-21(2,3)14-7-8-16(23)17(9-14)25-12-22(4,5)15-10-18(24-6)20-19(11-15)26-13-27-20/h7-11H,12-13H2,1-6H3. The monoisotopic (exact) mass is 390 g/mol. The van der Waals surface area contributed by atoms with Crippen molar-refractivity contribution in [2.75, 3.05) is 20.5 Å². The van der Waals surface area contributed by atoms with E-state index in [0.717, 1.165) is 5.56 Å². The number of hydrogen-bond donors (Lipinski definition) is 0. The minimum absolute atomic E-state index is 0.0307. The van der Waals surface area contributed by atoms with E-state index in [-0.39, 0.29) is 17.6 Å². The van der Waals surface area contributed by atoms with Gasteiger partial charge in [-0.15, -0.1) is 0 Å². The fraction of sp³-hybridized carbons (Fsp3) is 0.455. The smallest absolute Gasteiger partial charge is 0.231 e. The molecule has 0 saturated carbocycles. The molecule has 0 amide bonds. The van der Waals surface area contributed by atoms with E-state index in [9.17, 15) is 0 Å². The van der Waals surface area contributed by atoms with Gasteiger partial charge in [0.2, 0.25) is 12.5 Å². The van der Waals surface area contributed by atoms with Crippen LogP contribution < -0.4 is 18.9 Å². The van der Waals surface area contributed by atoms with Gasteiger partial charge in [0.05, 0.1) is 18.7 Å². The molecule has 0 saturated heterocycles. The number of benzene rings is 2. The third-order valence-electron chi connectivity index (χ3n) is 4.83. The summed E-state index contributed by atoms with van der Waals surface area (Å²) in [4.78, 5) is 0. The van der Waals surface area contributed by atoms with Gasteiger partial charge >= 0.3 is 0 Å². The van der Waals surface area contributed by atoms with Crippen LogP contribution in [0.3, 0.4) is 0 Å². The summed E-state index contributed by atoms with van der Waals surface area (Å²) in [6, 6.07) is 9.93. The van der Waals surface area contributed by atoms with Crippen LogP contribution in [0.2, 0.25) is 5.02 Å². The first-order chi connectivity index (χ1) is 12.6. The highest BCUT2D eigenvalue weighted by Gasteiger charge is 2.28. The van der Waals surface area contributed by atoms with Crippen molar-refractivity contribution >= 4 is 11.6 Å². The lowest BCUT2D eigenvalue weighted by Gasteiger charge is -2.27. The van der Waals surface area contributed by atoms with Gasteiger partial charge in [-0.3, -0.25) is 0 Å². The first-order valence-electron chi connectivity index (χ1n) is 9.03. The zero-order valence-corrected chi connectivity index (χ0v) is 17.6. The zero-order valence-electron chi connectivity index (χ0n) is 16.8. The lowest BCUT2D eigenvalue weighted by molar-refractivity contribution is 0.171. The Labute approximate surface area is 166 Å². The van der Waals surface area contributed by atoms with Crippen molar-refractivity contribution in [2.24, 2.45) is 0 Å². The van der Waals surface area contributed by atoms with Gasteiger partial charge in [0, 0.05) is 5.41 Å². The third-order valence-corrected chi connectivity index (χ3v) is 5.14. The van der Waals surface area contributed by atoms with Crippen LogP contribution in [0, 0.1) is 0 Å². The van der Waals surface area contributed by atoms with Crippen molar-refractivity contribution in [1.29, 1.82) is 0 Å². The van der Waals surface area contributed by atoms with E-state index in [1.54, 1.807) is 7.11 Å². The lowest BCUT2D eigenvalue weighted by Crippen LogP contribution is -2.26. The second-order valence-electron chi connectivity index (χ2n) is 8.48. The number of halogens is 1. The Bertz CT molecular complexity index is 837. The molecule has 4 nitrogen and oxygen atoms in total. The summed E-state index contributed by atoms with van der Waals surface area (Å²) in [5.74, 6) is 2.72. The van der Waals surface area contributed by atoms with Gasteiger partial charge in [-0.25, -0.2) is 0 Å². The molecule has 0 N–H and O–H groups in total. The second-order valence-corrected chi connectivity index (χ2v) is 8.89. The lowest BCUT2D eigenvalue weighted by atomic mass is 9.85. The minimum atomic E-state index is -0.282. The first-order valence-corrected chi connectivity index (χ1v) is 9.40. The van der Waals surface area contributed by atoms with Gasteiger partial charge in [0.15, 0.2) is 11.5 Å². The van der Waals surface area contributed by atoms with Crippen molar-refractivity contribution in [2.45, 2.75) is 45.4 Å². The normalized spacial score (nSPS) is 13.6. The Hall–Kier alpha value is -2.07. The summed E-state index contributed by atoms with van der Waals surface area (Å²) in [5, 5.41) is 0.613. The molecule has 0 spiro atoms. The third kappa shape index (κ3) is 4.11. The molecule has 0 aliphatic carbocycles. The predicted molar refractivity (Wildman–Crippen MR) is 108 cm³/mol. The molecular formula is C22H27ClO4. The molecular weight excluding hydrogens is 364 g/mol. The van der Waals surface area contributed by atoms with Gasteiger partial charge < -0.3 is 18.9 Å². The maximum atomic E-state index is 6.36. The van der Waals surface area contributed by atoms with E-state index in [1.807, 2.05) is 30.3 Å². The van der Waals surface area contributed by atoms with E-state index in [2.05, 4.69) is 34.6 Å². The van der Waals surface area contributed by atoms with E-state index < -0.39 is 0 Å². The van der Waals surface area contributed by atoms with Crippen LogP contribution in [-0.2, 0) is 10.8 Å². The Balaban J connectivity index is 1.84. The number of hydrogen-bond acceptors (Lipinski definition) is 4. The molecule has 27 heavy (non-hydrogen) atoms. The molecule has 0 radical (unpaired) electrons. The number of ether oxygens (including phenoxy) is 4. The van der Waals surface area contributed by atoms with Crippen LogP contribution in [0.25, 0.3) is 0 Å². The Kier molecular flexibility index (Phi) is 5.22. The highest BCUT2D eigenvalue weighted by atomic mass is 35.5. The summed E-state index contributed by atoms with van der Waals surface area (Å²) in [7, 11) is 1.63. The molecule has 2 aromatic carbocycles. The zero-order chi connectivity index (χ0) is 19.8. The average Bonchev–Trinajstić information content (AvgIpc) is 3.07. The van der Waals surface area contributed by atoms with E-state index in [4.69, 9.17) is 30.5 Å². The van der Waals surface area contributed by atoms with Crippen molar-refractivity contribution < 1.29 is 18.9 Å². The number of fused-ring (bicyclic) bond motifs is 1. The van der Waals surface area contributed by atoms with Gasteiger partial charge in [0.1, 0.15) is 5.75 Å². The summed E-state index contributed by atoms with van der Waals surface area (Å²) in [6.07, 6.45) is 0. The fourth-order valence-corrected chi connectivity index (χ4v) is 3.11. The molecule has 5 heteroatoms. The molecule has 0 fully saturated rings. The van der Waals surface area contributed by atoms with Crippen LogP contribution in [0.5, 0.6) is 23.0 Å². The molecule has 1 heterocycles. The summed E-state index contributed by atoms with van der Waals surface area (Å²) in [5.41, 5.74) is 1.98. The van der Waals surface area contributed by atoms with Crippen LogP contribution in [0.4, 0.5) is 0 Å². The SMILES string of the molecule is COc1cc(C(C)(C)COc2cc(C(C)(C)C)ccc2Cl)cc2c1OCO2. The van der Waals surface area contributed by atoms with Gasteiger partial charge in [-0.2, -0.15) is 0 Å². The molecule has 1 aliphatic rings. The molecule has 0 aromatic heterocycles. The number of methoxy groups -OCH3 is 1. The van der Waals surface area contributed by atoms with Crippen molar-refractivity contribution in [1.82, 2.24) is 0 Å². The highest BCUT2D eigenvalue weighted by Crippen LogP contribution is 2.44. The topological polar surface area (TPSA) is 36.9 Å². The van der Waals surface area contributed by atoms with Crippen LogP contribution in [-0.4, -0.2) is 20.5 Å². The Morgan fingerprint density at radius 2 is 1.67 bits per heavy atom. The average molecular weight is 391 g/mol. The minimum Gasteiger partial charge on any atom is -0.493 e. The highest BCUT2D eigenvalue weighted by molar-refractivity contribution is 6.32. The van der Waals surface area contributed by atoms with E-state index in [0.29, 0.717) is 34.6 Å². The molecule has 0 unspecified atom stereocenters. The van der Waals surface area contributed by atoms with Gasteiger partial charge in [-0.05, 0) is 40.8 Å². The van der Waals surface area contributed by atoms with E-state index in [1.165, 1.54) is 5.56 Å². The Morgan fingerprint density at radius 1 is 0.963 bits per heavy atom. The molecule has 0 bridgehead atoms. The molecule has 2 aromatic rings. The van der Waals surface area contributed by atoms with Crippen LogP contribution >= 0.6 is 11.6 Å². The summed E-state index contributed by atoms with van der Waals surface area (Å²) < 4.78 is 22.6. The maximum absolute atomic E-state index is 6.36. The van der Waals surface area contributed by atoms with Crippen LogP contribution in [0.1, 0.15) is 45.7 Å². The van der Waals surface area contributed by atoms with Gasteiger partial charge in [-0.1, -0.05) is 52.3 Å². The quantitative estimate of drug-likeness (QED) is 0.653. The molecule has 146 valence electrons. The summed E-state index contributed by atoms with van der Waals surface area (Å²) >= 11 is 6.36. The second kappa shape index (κ2) is 7.16. The van der Waals surface area contributed by atoms with Crippen molar-refractivity contribution in [3.63, 3.8) is 0 Å². The molecule has 1 aliphatic heterocycles. The van der Waals surface area contributed by atoms with Crippen LogP contribution in [0.15, 0.2) is 30.3 Å². The number of rotatable bonds is 5. The first kappa shape index (κ1) is 19.7. The predicted octanol–water partition coefficient (Wildman–Crippen LogP) is 5.73. The van der Waals surface area contributed by atoms with E-state index >= 15 is 0 Å². The van der Waals surface area contributed by atoms with Gasteiger partial charge in [0.25, 0.3) is 0 Å². The fourth-order valence-electron chi connectivity index (χ4n) is 2.94. The maximum Gasteiger partial charge on any atom is 0.231 e.